The Labute approximate surface area is 185 Å². The lowest BCUT2D eigenvalue weighted by Crippen LogP contribution is -2.47. The van der Waals surface area contributed by atoms with Gasteiger partial charge in [0.05, 0.1) is 5.54 Å². The third-order valence-electron chi connectivity index (χ3n) is 3.95. The molecule has 1 atom stereocenters. The van der Waals surface area contributed by atoms with Gasteiger partial charge in [-0.25, -0.2) is 9.59 Å². The molecule has 160 valence electrons. The Hall–Kier alpha value is -1.54. The SMILES string of the molecule is CC(C)(C)OC(=O)N(C(=O)OC(C)(C)C)C1=NC(C)(c2cccc(Br)c2)CCS1. The molecular formula is C21H29BrN2O4S. The van der Waals surface area contributed by atoms with Gasteiger partial charge in [-0.3, -0.25) is 4.99 Å². The molecule has 0 fully saturated rings. The van der Waals surface area contributed by atoms with E-state index in [-0.39, 0.29) is 5.17 Å². The van der Waals surface area contributed by atoms with Crippen molar-refractivity contribution in [2.24, 2.45) is 4.99 Å². The second-order valence-corrected chi connectivity index (χ2v) is 11.1. The fraction of sp³-hybridized carbons (Fsp3) is 0.571. The van der Waals surface area contributed by atoms with Crippen molar-refractivity contribution in [3.05, 3.63) is 34.3 Å². The summed E-state index contributed by atoms with van der Waals surface area (Å²) >= 11 is 4.84. The number of carbonyl (C=O) groups excluding carboxylic acids is 2. The van der Waals surface area contributed by atoms with Crippen molar-refractivity contribution >= 4 is 45.0 Å². The van der Waals surface area contributed by atoms with Crippen molar-refractivity contribution in [3.8, 4) is 0 Å². The number of amides is 2. The molecule has 0 radical (unpaired) electrons. The predicted octanol–water partition coefficient (Wildman–Crippen LogP) is 6.33. The molecule has 2 rings (SSSR count). The second kappa shape index (κ2) is 8.68. The maximum absolute atomic E-state index is 12.9. The van der Waals surface area contributed by atoms with Crippen molar-refractivity contribution < 1.29 is 19.1 Å². The van der Waals surface area contributed by atoms with Crippen LogP contribution < -0.4 is 0 Å². The van der Waals surface area contributed by atoms with Crippen LogP contribution in [0.5, 0.6) is 0 Å². The minimum atomic E-state index is -0.795. The van der Waals surface area contributed by atoms with Crippen LogP contribution in [0.15, 0.2) is 33.7 Å². The number of amidine groups is 1. The maximum Gasteiger partial charge on any atom is 0.426 e. The lowest BCUT2D eigenvalue weighted by atomic mass is 9.90. The number of thioether (sulfide) groups is 1. The molecule has 6 nitrogen and oxygen atoms in total. The average molecular weight is 485 g/mol. The smallest absolute Gasteiger partial charge is 0.426 e. The number of rotatable bonds is 1. The Morgan fingerprint density at radius 2 is 1.66 bits per heavy atom. The van der Waals surface area contributed by atoms with E-state index < -0.39 is 28.9 Å². The highest BCUT2D eigenvalue weighted by molar-refractivity contribution is 9.10. The van der Waals surface area contributed by atoms with Crippen LogP contribution in [0.3, 0.4) is 0 Å². The first-order valence-corrected chi connectivity index (χ1v) is 11.2. The fourth-order valence-electron chi connectivity index (χ4n) is 2.63. The average Bonchev–Trinajstić information content (AvgIpc) is 2.51. The fourth-order valence-corrected chi connectivity index (χ4v) is 4.26. The summed E-state index contributed by atoms with van der Waals surface area (Å²) in [5.41, 5.74) is -1.10. The van der Waals surface area contributed by atoms with Crippen molar-refractivity contribution in [2.75, 3.05) is 5.75 Å². The van der Waals surface area contributed by atoms with Crippen molar-refractivity contribution in [2.45, 2.75) is 71.6 Å². The molecule has 0 aliphatic carbocycles. The number of aliphatic imine (C=N–C) groups is 1. The molecule has 1 unspecified atom stereocenters. The van der Waals surface area contributed by atoms with Crippen molar-refractivity contribution in [1.82, 2.24) is 4.90 Å². The zero-order valence-corrected chi connectivity index (χ0v) is 20.4. The number of ether oxygens (including phenoxy) is 2. The highest BCUT2D eigenvalue weighted by Gasteiger charge is 2.39. The van der Waals surface area contributed by atoms with Gasteiger partial charge in [-0.05, 0) is 72.6 Å². The molecule has 0 bridgehead atoms. The van der Waals surface area contributed by atoms with Crippen LogP contribution in [0.25, 0.3) is 0 Å². The minimum absolute atomic E-state index is 0.280. The van der Waals surface area contributed by atoms with Crippen LogP contribution in [0.2, 0.25) is 0 Å². The lowest BCUT2D eigenvalue weighted by Gasteiger charge is -2.34. The number of nitrogens with zero attached hydrogens (tertiary/aromatic N) is 2. The Kier molecular flexibility index (Phi) is 7.10. The van der Waals surface area contributed by atoms with Gasteiger partial charge in [-0.15, -0.1) is 0 Å². The molecule has 1 aromatic rings. The van der Waals surface area contributed by atoms with Crippen LogP contribution in [-0.4, -0.2) is 39.2 Å². The minimum Gasteiger partial charge on any atom is -0.443 e. The molecule has 1 aliphatic rings. The van der Waals surface area contributed by atoms with E-state index >= 15 is 0 Å². The van der Waals surface area contributed by atoms with Gasteiger partial charge < -0.3 is 9.47 Å². The molecule has 0 aromatic heterocycles. The van der Waals surface area contributed by atoms with Gasteiger partial charge in [0.15, 0.2) is 5.17 Å². The van der Waals surface area contributed by atoms with E-state index in [9.17, 15) is 9.59 Å². The zero-order valence-electron chi connectivity index (χ0n) is 18.0. The van der Waals surface area contributed by atoms with E-state index in [1.807, 2.05) is 31.2 Å². The number of halogens is 1. The molecule has 8 heteroatoms. The number of imide groups is 1. The van der Waals surface area contributed by atoms with Crippen LogP contribution in [0.4, 0.5) is 9.59 Å². The number of benzene rings is 1. The lowest BCUT2D eigenvalue weighted by molar-refractivity contribution is 0.0151. The van der Waals surface area contributed by atoms with Gasteiger partial charge in [0, 0.05) is 10.2 Å². The molecule has 0 spiro atoms. The quantitative estimate of drug-likeness (QED) is 0.465. The highest BCUT2D eigenvalue weighted by atomic mass is 79.9. The molecule has 2 amide bonds. The third kappa shape index (κ3) is 6.74. The molecule has 1 aromatic carbocycles. The van der Waals surface area contributed by atoms with E-state index in [1.165, 1.54) is 11.8 Å². The Morgan fingerprint density at radius 3 is 2.14 bits per heavy atom. The standard InChI is InChI=1S/C21H29BrN2O4S/c1-19(2,3)27-17(25)24(18(26)28-20(4,5)6)16-23-21(7,11-12-29-16)14-9-8-10-15(22)13-14/h8-10,13H,11-12H2,1-7H3. The predicted molar refractivity (Wildman–Crippen MR) is 120 cm³/mol. The summed E-state index contributed by atoms with van der Waals surface area (Å²) in [6.45, 7) is 12.5. The van der Waals surface area contributed by atoms with Gasteiger partial charge in [0.1, 0.15) is 11.2 Å². The normalized spacial score (nSPS) is 19.9. The van der Waals surface area contributed by atoms with Crippen LogP contribution in [0.1, 0.15) is 60.5 Å². The van der Waals surface area contributed by atoms with Crippen LogP contribution >= 0.6 is 27.7 Å². The molecule has 29 heavy (non-hydrogen) atoms. The maximum atomic E-state index is 12.9. The summed E-state index contributed by atoms with van der Waals surface area (Å²) in [6, 6.07) is 7.89. The van der Waals surface area contributed by atoms with E-state index in [0.717, 1.165) is 21.4 Å². The van der Waals surface area contributed by atoms with Gasteiger partial charge in [0.2, 0.25) is 0 Å². The van der Waals surface area contributed by atoms with Crippen LogP contribution in [-0.2, 0) is 15.0 Å². The topological polar surface area (TPSA) is 68.2 Å². The molecule has 0 saturated heterocycles. The van der Waals surface area contributed by atoms with Crippen molar-refractivity contribution in [1.29, 1.82) is 0 Å². The van der Waals surface area contributed by atoms with Gasteiger partial charge in [-0.1, -0.05) is 39.8 Å². The Morgan fingerprint density at radius 1 is 1.10 bits per heavy atom. The number of hydrogen-bond donors (Lipinski definition) is 0. The summed E-state index contributed by atoms with van der Waals surface area (Å²) < 4.78 is 11.9. The van der Waals surface area contributed by atoms with Crippen molar-refractivity contribution in [3.63, 3.8) is 0 Å². The largest absolute Gasteiger partial charge is 0.443 e. The molecule has 0 saturated carbocycles. The van der Waals surface area contributed by atoms with Gasteiger partial charge >= 0.3 is 12.2 Å². The molecule has 1 aliphatic heterocycles. The van der Waals surface area contributed by atoms with E-state index in [4.69, 9.17) is 14.5 Å². The Balaban J connectivity index is 2.46. The summed E-state index contributed by atoms with van der Waals surface area (Å²) in [7, 11) is 0. The van der Waals surface area contributed by atoms with Gasteiger partial charge in [0.25, 0.3) is 0 Å². The summed E-state index contributed by atoms with van der Waals surface area (Å²) in [6.07, 6.45) is -0.818. The second-order valence-electron chi connectivity index (χ2n) is 9.07. The summed E-state index contributed by atoms with van der Waals surface area (Å²) in [5, 5.41) is 0.280. The van der Waals surface area contributed by atoms with Gasteiger partial charge in [-0.2, -0.15) is 4.90 Å². The monoisotopic (exact) mass is 484 g/mol. The zero-order chi connectivity index (χ0) is 22.0. The molecule has 1 heterocycles. The van der Waals surface area contributed by atoms with E-state index in [1.54, 1.807) is 41.5 Å². The third-order valence-corrected chi connectivity index (χ3v) is 5.39. The summed E-state index contributed by atoms with van der Waals surface area (Å²) in [4.78, 5) is 31.5. The number of hydrogen-bond acceptors (Lipinski definition) is 6. The summed E-state index contributed by atoms with van der Waals surface area (Å²) in [5.74, 6) is 0.698. The first-order valence-electron chi connectivity index (χ1n) is 9.45. The van der Waals surface area contributed by atoms with Crippen LogP contribution in [0, 0.1) is 0 Å². The Bertz CT molecular complexity index is 786. The van der Waals surface area contributed by atoms with E-state index in [2.05, 4.69) is 15.9 Å². The molecular weight excluding hydrogens is 456 g/mol. The first-order chi connectivity index (χ1) is 13.2. The van der Waals surface area contributed by atoms with E-state index in [0.29, 0.717) is 5.75 Å². The molecule has 0 N–H and O–H groups in total. The first kappa shape index (κ1) is 23.7. The number of carbonyl (C=O) groups is 2. The highest BCUT2D eigenvalue weighted by Crippen LogP contribution is 2.38.